The average Bonchev–Trinajstić information content (AvgIpc) is 2.29. The molecule has 0 radical (unpaired) electrons. The summed E-state index contributed by atoms with van der Waals surface area (Å²) in [4.78, 5) is 25.9. The Balaban J connectivity index is 2.84. The van der Waals surface area contributed by atoms with Crippen molar-refractivity contribution < 1.29 is 19.4 Å². The third kappa shape index (κ3) is 2.91. The van der Waals surface area contributed by atoms with Gasteiger partial charge in [0.15, 0.2) is 5.78 Å². The zero-order valence-corrected chi connectivity index (χ0v) is 8.01. The van der Waals surface area contributed by atoms with E-state index in [4.69, 9.17) is 5.11 Å². The average molecular weight is 207 g/mol. The van der Waals surface area contributed by atoms with Crippen LogP contribution in [-0.2, 0) is 9.53 Å². The van der Waals surface area contributed by atoms with Crippen LogP contribution in [0, 0.1) is 0 Å². The highest BCUT2D eigenvalue weighted by molar-refractivity contribution is 6.07. The molecule has 0 aliphatic rings. The van der Waals surface area contributed by atoms with E-state index >= 15 is 0 Å². The van der Waals surface area contributed by atoms with Crippen LogP contribution in [0.2, 0.25) is 0 Å². The van der Waals surface area contributed by atoms with Crippen LogP contribution in [0.1, 0.15) is 10.4 Å². The maximum Gasteiger partial charge on any atom is 0.373 e. The van der Waals surface area contributed by atoms with Crippen LogP contribution in [0.25, 0.3) is 0 Å². The molecule has 78 valence electrons. The number of aromatic nitrogens is 1. The summed E-state index contributed by atoms with van der Waals surface area (Å²) in [5.74, 6) is -2.16. The molecule has 15 heavy (non-hydrogen) atoms. The number of pyridine rings is 1. The molecule has 0 unspecified atom stereocenters. The van der Waals surface area contributed by atoms with E-state index in [0.717, 1.165) is 13.2 Å². The molecule has 5 nitrogen and oxygen atoms in total. The third-order valence-electron chi connectivity index (χ3n) is 1.63. The molecule has 0 amide bonds. The highest BCUT2D eigenvalue weighted by Crippen LogP contribution is 2.02. The Morgan fingerprint density at radius 1 is 1.40 bits per heavy atom. The van der Waals surface area contributed by atoms with Gasteiger partial charge in [-0.05, 0) is 12.1 Å². The Hall–Kier alpha value is -2.17. The molecule has 0 spiro atoms. The Morgan fingerprint density at radius 3 is 2.53 bits per heavy atom. The van der Waals surface area contributed by atoms with Gasteiger partial charge in [0.25, 0.3) is 0 Å². The quantitative estimate of drug-likeness (QED) is 0.344. The highest BCUT2D eigenvalue weighted by atomic mass is 16.5. The number of hydrogen-bond acceptors (Lipinski definition) is 5. The number of carbonyl (C=O) groups is 2. The second-order valence-corrected chi connectivity index (χ2v) is 2.62. The zero-order valence-electron chi connectivity index (χ0n) is 8.01. The maximum atomic E-state index is 11.4. The molecular weight excluding hydrogens is 198 g/mol. The van der Waals surface area contributed by atoms with E-state index in [1.54, 1.807) is 0 Å². The van der Waals surface area contributed by atoms with Crippen molar-refractivity contribution in [2.45, 2.75) is 0 Å². The van der Waals surface area contributed by atoms with Crippen molar-refractivity contribution in [2.24, 2.45) is 0 Å². The molecule has 0 aliphatic heterocycles. The lowest BCUT2D eigenvalue weighted by molar-refractivity contribution is -0.139. The number of carbonyl (C=O) groups excluding carboxylic acids is 2. The summed E-state index contributed by atoms with van der Waals surface area (Å²) in [7, 11) is 1.11. The van der Waals surface area contributed by atoms with Gasteiger partial charge in [0.2, 0.25) is 5.76 Å². The summed E-state index contributed by atoms with van der Waals surface area (Å²) >= 11 is 0. The van der Waals surface area contributed by atoms with Crippen molar-refractivity contribution in [3.8, 4) is 0 Å². The smallest absolute Gasteiger partial charge is 0.373 e. The zero-order chi connectivity index (χ0) is 11.3. The number of ketones is 1. The lowest BCUT2D eigenvalue weighted by atomic mass is 10.1. The summed E-state index contributed by atoms with van der Waals surface area (Å²) in [5.41, 5.74) is 0.334. The molecule has 1 N–H and O–H groups in total. The first-order chi connectivity index (χ1) is 7.15. The van der Waals surface area contributed by atoms with Crippen LogP contribution >= 0.6 is 0 Å². The van der Waals surface area contributed by atoms with Crippen molar-refractivity contribution in [1.82, 2.24) is 4.98 Å². The molecule has 0 atom stereocenters. The standard InChI is InChI=1S/C10H9NO4/c1-15-10(14)9(13)6-8(12)7-2-4-11-5-3-7/h2-6,13H,1H3. The minimum Gasteiger partial charge on any atom is -0.502 e. The van der Waals surface area contributed by atoms with Crippen LogP contribution in [-0.4, -0.2) is 29.0 Å². The Labute approximate surface area is 86.0 Å². The molecule has 1 heterocycles. The number of hydrogen-bond donors (Lipinski definition) is 1. The van der Waals surface area contributed by atoms with Crippen LogP contribution in [0.15, 0.2) is 36.4 Å². The van der Waals surface area contributed by atoms with Crippen molar-refractivity contribution in [3.05, 3.63) is 41.9 Å². The van der Waals surface area contributed by atoms with Gasteiger partial charge in [-0.25, -0.2) is 4.79 Å². The first-order valence-corrected chi connectivity index (χ1v) is 4.08. The Bertz CT molecular complexity index is 397. The first kappa shape index (κ1) is 10.9. The van der Waals surface area contributed by atoms with E-state index < -0.39 is 17.5 Å². The largest absolute Gasteiger partial charge is 0.502 e. The molecular formula is C10H9NO4. The Kier molecular flexibility index (Phi) is 3.56. The Morgan fingerprint density at radius 2 is 2.00 bits per heavy atom. The molecule has 1 rings (SSSR count). The van der Waals surface area contributed by atoms with Gasteiger partial charge >= 0.3 is 5.97 Å². The second kappa shape index (κ2) is 4.90. The first-order valence-electron chi connectivity index (χ1n) is 4.08. The van der Waals surface area contributed by atoms with Crippen molar-refractivity contribution in [1.29, 1.82) is 0 Å². The summed E-state index contributed by atoms with van der Waals surface area (Å²) in [6.45, 7) is 0. The molecule has 5 heteroatoms. The molecule has 0 bridgehead atoms. The molecule has 0 aromatic carbocycles. The van der Waals surface area contributed by atoms with Crippen LogP contribution in [0.5, 0.6) is 0 Å². The molecule has 1 aromatic rings. The highest BCUT2D eigenvalue weighted by Gasteiger charge is 2.10. The van der Waals surface area contributed by atoms with E-state index in [1.807, 2.05) is 0 Å². The van der Waals surface area contributed by atoms with Gasteiger partial charge < -0.3 is 9.84 Å². The molecule has 0 saturated carbocycles. The molecule has 0 saturated heterocycles. The van der Waals surface area contributed by atoms with Crippen LogP contribution < -0.4 is 0 Å². The van der Waals surface area contributed by atoms with Crippen LogP contribution in [0.4, 0.5) is 0 Å². The van der Waals surface area contributed by atoms with Gasteiger partial charge in [0.1, 0.15) is 0 Å². The normalized spacial score (nSPS) is 10.9. The van der Waals surface area contributed by atoms with Gasteiger partial charge in [0.05, 0.1) is 7.11 Å². The van der Waals surface area contributed by atoms with Crippen LogP contribution in [0.3, 0.4) is 0 Å². The monoisotopic (exact) mass is 207 g/mol. The predicted molar refractivity (Wildman–Crippen MR) is 51.3 cm³/mol. The fourth-order valence-electron chi connectivity index (χ4n) is 0.887. The number of ether oxygens (including phenoxy) is 1. The van der Waals surface area contributed by atoms with E-state index in [9.17, 15) is 9.59 Å². The van der Waals surface area contributed by atoms with Gasteiger partial charge in [-0.15, -0.1) is 0 Å². The van der Waals surface area contributed by atoms with Crippen molar-refractivity contribution >= 4 is 11.8 Å². The number of methoxy groups -OCH3 is 1. The van der Waals surface area contributed by atoms with Gasteiger partial charge in [-0.2, -0.15) is 0 Å². The second-order valence-electron chi connectivity index (χ2n) is 2.62. The number of rotatable bonds is 3. The van der Waals surface area contributed by atoms with E-state index in [-0.39, 0.29) is 0 Å². The maximum absolute atomic E-state index is 11.4. The summed E-state index contributed by atoms with van der Waals surface area (Å²) in [6.07, 6.45) is 3.69. The summed E-state index contributed by atoms with van der Waals surface area (Å²) in [5, 5.41) is 9.10. The van der Waals surface area contributed by atoms with Crippen molar-refractivity contribution in [3.63, 3.8) is 0 Å². The van der Waals surface area contributed by atoms with Gasteiger partial charge in [-0.1, -0.05) is 0 Å². The fraction of sp³-hybridized carbons (Fsp3) is 0.100. The molecule has 0 fully saturated rings. The number of aliphatic hydroxyl groups excluding tert-OH is 1. The lowest BCUT2D eigenvalue weighted by Gasteiger charge is -1.97. The number of allylic oxidation sites excluding steroid dienone is 1. The predicted octanol–water partition coefficient (Wildman–Crippen LogP) is 0.879. The van der Waals surface area contributed by atoms with E-state index in [2.05, 4.69) is 9.72 Å². The minimum atomic E-state index is -0.947. The third-order valence-corrected chi connectivity index (χ3v) is 1.63. The lowest BCUT2D eigenvalue weighted by Crippen LogP contribution is -2.06. The number of nitrogens with zero attached hydrogens (tertiary/aromatic N) is 1. The fourth-order valence-corrected chi connectivity index (χ4v) is 0.887. The minimum absolute atomic E-state index is 0.334. The number of esters is 1. The van der Waals surface area contributed by atoms with Gasteiger partial charge in [0, 0.05) is 24.0 Å². The van der Waals surface area contributed by atoms with E-state index in [1.165, 1.54) is 24.5 Å². The van der Waals surface area contributed by atoms with Crippen molar-refractivity contribution in [2.75, 3.05) is 7.11 Å². The summed E-state index contributed by atoms with van der Waals surface area (Å²) < 4.78 is 4.23. The van der Waals surface area contributed by atoms with E-state index in [0.29, 0.717) is 5.56 Å². The topological polar surface area (TPSA) is 76.5 Å². The van der Waals surface area contributed by atoms with Gasteiger partial charge in [-0.3, -0.25) is 9.78 Å². The SMILES string of the molecule is COC(=O)C(O)=CC(=O)c1ccncc1. The molecule has 0 aliphatic carbocycles. The number of aliphatic hydroxyl groups is 1. The molecule has 1 aromatic heterocycles. The summed E-state index contributed by atoms with van der Waals surface area (Å²) in [6, 6.07) is 2.95.